The number of hydrogen-bond donors (Lipinski definition) is 1. The predicted octanol–water partition coefficient (Wildman–Crippen LogP) is 3.14. The molecular formula is C19H29N5OS. The minimum atomic E-state index is 0.376. The minimum absolute atomic E-state index is 0.376. The van der Waals surface area contributed by atoms with Crippen molar-refractivity contribution in [3.63, 3.8) is 0 Å². The number of aromatic nitrogens is 1. The number of rotatable bonds is 6. The van der Waals surface area contributed by atoms with Gasteiger partial charge in [0.1, 0.15) is 6.54 Å². The smallest absolute Gasteiger partial charge is 0.194 e. The van der Waals surface area contributed by atoms with Crippen LogP contribution in [0.25, 0.3) is 0 Å². The molecule has 1 aliphatic heterocycles. The highest BCUT2D eigenvalue weighted by atomic mass is 32.1. The molecule has 2 aromatic rings. The lowest BCUT2D eigenvalue weighted by atomic mass is 10.1. The maximum Gasteiger partial charge on any atom is 0.194 e. The molecule has 1 aliphatic rings. The van der Waals surface area contributed by atoms with Crippen LogP contribution in [0.4, 0.5) is 0 Å². The van der Waals surface area contributed by atoms with Crippen LogP contribution in [0, 0.1) is 0 Å². The average molecular weight is 376 g/mol. The zero-order chi connectivity index (χ0) is 18.4. The lowest BCUT2D eigenvalue weighted by Crippen LogP contribution is -2.52. The van der Waals surface area contributed by atoms with E-state index >= 15 is 0 Å². The summed E-state index contributed by atoms with van der Waals surface area (Å²) in [6, 6.07) is 6.35. The van der Waals surface area contributed by atoms with Gasteiger partial charge < -0.3 is 14.7 Å². The summed E-state index contributed by atoms with van der Waals surface area (Å²) in [6.45, 7) is 12.9. The Morgan fingerprint density at radius 1 is 1.35 bits per heavy atom. The van der Waals surface area contributed by atoms with Gasteiger partial charge in [-0.3, -0.25) is 4.90 Å². The van der Waals surface area contributed by atoms with Crippen molar-refractivity contribution < 1.29 is 4.52 Å². The van der Waals surface area contributed by atoms with Crippen molar-refractivity contribution in [3.05, 3.63) is 39.9 Å². The molecule has 2 aromatic heterocycles. The molecule has 0 aromatic carbocycles. The monoisotopic (exact) mass is 375 g/mol. The largest absolute Gasteiger partial charge is 0.359 e. The Morgan fingerprint density at radius 2 is 2.15 bits per heavy atom. The van der Waals surface area contributed by atoms with E-state index in [9.17, 15) is 0 Å². The summed E-state index contributed by atoms with van der Waals surface area (Å²) in [5.74, 6) is 2.16. The lowest BCUT2D eigenvalue weighted by molar-refractivity contribution is 0.173. The first-order valence-corrected chi connectivity index (χ1v) is 10.3. The maximum atomic E-state index is 5.41. The summed E-state index contributed by atoms with van der Waals surface area (Å²) in [4.78, 5) is 11.1. The Morgan fingerprint density at radius 3 is 2.77 bits per heavy atom. The zero-order valence-electron chi connectivity index (χ0n) is 15.9. The van der Waals surface area contributed by atoms with Gasteiger partial charge in [0, 0.05) is 50.2 Å². The molecule has 1 saturated heterocycles. The van der Waals surface area contributed by atoms with E-state index in [4.69, 9.17) is 9.52 Å². The normalized spacial score (nSPS) is 16.5. The molecule has 1 N–H and O–H groups in total. The topological polar surface area (TPSA) is 56.9 Å². The highest BCUT2D eigenvalue weighted by Crippen LogP contribution is 2.16. The molecule has 26 heavy (non-hydrogen) atoms. The molecule has 6 nitrogen and oxygen atoms in total. The first kappa shape index (κ1) is 18.9. The fourth-order valence-electron chi connectivity index (χ4n) is 2.99. The Bertz CT molecular complexity index is 687. The van der Waals surface area contributed by atoms with Crippen LogP contribution >= 0.6 is 11.3 Å². The van der Waals surface area contributed by atoms with Crippen molar-refractivity contribution in [2.45, 2.75) is 39.8 Å². The molecule has 7 heteroatoms. The summed E-state index contributed by atoms with van der Waals surface area (Å²) in [7, 11) is 0. The van der Waals surface area contributed by atoms with Gasteiger partial charge in [0.15, 0.2) is 11.7 Å². The van der Waals surface area contributed by atoms with E-state index in [1.165, 1.54) is 4.88 Å². The first-order valence-electron chi connectivity index (χ1n) is 9.39. The Hall–Kier alpha value is -1.86. The van der Waals surface area contributed by atoms with Gasteiger partial charge in [0.2, 0.25) is 0 Å². The molecule has 0 saturated carbocycles. The highest BCUT2D eigenvalue weighted by molar-refractivity contribution is 7.09. The van der Waals surface area contributed by atoms with Gasteiger partial charge in [-0.05, 0) is 24.3 Å². The molecule has 0 bridgehead atoms. The summed E-state index contributed by atoms with van der Waals surface area (Å²) in [5.41, 5.74) is 0.988. The molecule has 0 radical (unpaired) electrons. The van der Waals surface area contributed by atoms with Gasteiger partial charge in [-0.2, -0.15) is 0 Å². The number of piperazine rings is 1. The van der Waals surface area contributed by atoms with E-state index in [1.807, 2.05) is 17.4 Å². The van der Waals surface area contributed by atoms with E-state index in [-0.39, 0.29) is 0 Å². The average Bonchev–Trinajstić information content (AvgIpc) is 3.31. The van der Waals surface area contributed by atoms with E-state index in [1.54, 1.807) is 0 Å². The molecule has 3 heterocycles. The van der Waals surface area contributed by atoms with E-state index in [0.29, 0.717) is 12.5 Å². The molecule has 0 amide bonds. The molecular weight excluding hydrogens is 346 g/mol. The number of thiophene rings is 1. The second-order valence-corrected chi connectivity index (χ2v) is 7.92. The molecule has 142 valence electrons. The van der Waals surface area contributed by atoms with Crippen LogP contribution in [0.15, 0.2) is 33.1 Å². The van der Waals surface area contributed by atoms with Crippen molar-refractivity contribution in [3.8, 4) is 0 Å². The predicted molar refractivity (Wildman–Crippen MR) is 107 cm³/mol. The van der Waals surface area contributed by atoms with Crippen LogP contribution in [-0.4, -0.2) is 53.6 Å². The molecule has 0 aliphatic carbocycles. The molecule has 1 fully saturated rings. The Kier molecular flexibility index (Phi) is 6.68. The summed E-state index contributed by atoms with van der Waals surface area (Å²) >= 11 is 1.83. The van der Waals surface area contributed by atoms with Crippen LogP contribution in [0.1, 0.15) is 43.0 Å². The van der Waals surface area contributed by atoms with Gasteiger partial charge in [-0.25, -0.2) is 4.99 Å². The van der Waals surface area contributed by atoms with Crippen molar-refractivity contribution >= 4 is 17.3 Å². The fraction of sp³-hybridized carbons (Fsp3) is 0.579. The number of nitrogens with zero attached hydrogens (tertiary/aromatic N) is 4. The molecule has 0 spiro atoms. The van der Waals surface area contributed by atoms with Crippen molar-refractivity contribution in [2.75, 3.05) is 32.7 Å². The van der Waals surface area contributed by atoms with Gasteiger partial charge in [-0.15, -0.1) is 11.3 Å². The van der Waals surface area contributed by atoms with E-state index in [0.717, 1.165) is 56.7 Å². The van der Waals surface area contributed by atoms with Crippen LogP contribution in [0.5, 0.6) is 0 Å². The van der Waals surface area contributed by atoms with Gasteiger partial charge >= 0.3 is 0 Å². The maximum absolute atomic E-state index is 5.41. The molecule has 0 unspecified atom stereocenters. The van der Waals surface area contributed by atoms with Crippen LogP contribution in [0.2, 0.25) is 0 Å². The third-order valence-corrected chi connectivity index (χ3v) is 5.38. The summed E-state index contributed by atoms with van der Waals surface area (Å²) in [5, 5.41) is 9.67. The fourth-order valence-corrected chi connectivity index (χ4v) is 3.74. The van der Waals surface area contributed by atoms with Gasteiger partial charge in [0.05, 0.1) is 5.69 Å². The van der Waals surface area contributed by atoms with Crippen molar-refractivity contribution in [2.24, 2.45) is 4.99 Å². The molecule has 0 atom stereocenters. The molecule has 3 rings (SSSR count). The van der Waals surface area contributed by atoms with Crippen LogP contribution < -0.4 is 5.32 Å². The minimum Gasteiger partial charge on any atom is -0.359 e. The van der Waals surface area contributed by atoms with Crippen LogP contribution in [0.3, 0.4) is 0 Å². The highest BCUT2D eigenvalue weighted by Gasteiger charge is 2.20. The van der Waals surface area contributed by atoms with E-state index < -0.39 is 0 Å². The number of guanidine groups is 1. The number of hydrogen-bond acceptors (Lipinski definition) is 5. The van der Waals surface area contributed by atoms with E-state index in [2.05, 4.69) is 58.6 Å². The number of nitrogens with one attached hydrogen (secondary N) is 1. The Balaban J connectivity index is 1.55. The second-order valence-electron chi connectivity index (χ2n) is 6.89. The zero-order valence-corrected chi connectivity index (χ0v) is 16.8. The lowest BCUT2D eigenvalue weighted by Gasteiger charge is -2.36. The Labute approximate surface area is 159 Å². The summed E-state index contributed by atoms with van der Waals surface area (Å²) < 4.78 is 5.41. The van der Waals surface area contributed by atoms with Gasteiger partial charge in [-0.1, -0.05) is 25.1 Å². The number of aliphatic imine (C=N–C) groups is 1. The van der Waals surface area contributed by atoms with Crippen molar-refractivity contribution in [1.82, 2.24) is 20.3 Å². The second kappa shape index (κ2) is 9.19. The van der Waals surface area contributed by atoms with Gasteiger partial charge in [0.25, 0.3) is 0 Å². The SMILES string of the molecule is CCNC(=NCc1cc(C(C)C)no1)N1CCN(Cc2cccs2)CC1. The quantitative estimate of drug-likeness (QED) is 0.621. The standard InChI is InChI=1S/C19H29N5OS/c1-4-20-19(21-13-16-12-18(15(2)3)22-25-16)24-9-7-23(8-10-24)14-17-6-5-11-26-17/h5-6,11-12,15H,4,7-10,13-14H2,1-3H3,(H,20,21). The summed E-state index contributed by atoms with van der Waals surface area (Å²) in [6.07, 6.45) is 0. The van der Waals surface area contributed by atoms with Crippen LogP contribution in [-0.2, 0) is 13.1 Å². The van der Waals surface area contributed by atoms with Crippen molar-refractivity contribution in [1.29, 1.82) is 0 Å². The third-order valence-electron chi connectivity index (χ3n) is 4.52. The first-order chi connectivity index (χ1) is 12.7. The third kappa shape index (κ3) is 5.08.